The van der Waals surface area contributed by atoms with E-state index in [4.69, 9.17) is 9.47 Å². The molecule has 0 spiro atoms. The number of methoxy groups -OCH3 is 1. The smallest absolute Gasteiger partial charge is 0.339 e. The molecular weight excluding hydrogens is 337 g/mol. The number of ether oxygens (including phenoxy) is 2. The quantitative estimate of drug-likeness (QED) is 0.772. The van der Waals surface area contributed by atoms with Crippen LogP contribution >= 0.6 is 0 Å². The molecule has 0 fully saturated rings. The number of likely N-dealkylation sites (N-methyl/N-ethyl adjacent to an activating group) is 1. The summed E-state index contributed by atoms with van der Waals surface area (Å²) >= 11 is 0. The zero-order valence-corrected chi connectivity index (χ0v) is 14.7. The highest BCUT2D eigenvalue weighted by atomic mass is 19.1. The Labute approximate surface area is 151 Å². The summed E-state index contributed by atoms with van der Waals surface area (Å²) in [6, 6.07) is 11.7. The minimum atomic E-state index is -0.861. The lowest BCUT2D eigenvalue weighted by molar-refractivity contribution is -0.141. The highest BCUT2D eigenvalue weighted by Crippen LogP contribution is 2.23. The molecule has 0 saturated carbocycles. The predicted octanol–water partition coefficient (Wildman–Crippen LogP) is 2.96. The summed E-state index contributed by atoms with van der Waals surface area (Å²) in [7, 11) is 1.40. The van der Waals surface area contributed by atoms with E-state index < -0.39 is 17.9 Å². The van der Waals surface area contributed by atoms with Gasteiger partial charge in [-0.05, 0) is 36.2 Å². The molecule has 1 aliphatic heterocycles. The molecule has 1 aliphatic rings. The first-order chi connectivity index (χ1) is 12.5. The molecule has 0 aliphatic carbocycles. The molecule has 0 saturated heterocycles. The number of nitrogens with zero attached hydrogens (tertiary/aromatic N) is 1. The van der Waals surface area contributed by atoms with Crippen LogP contribution < -0.4 is 4.74 Å². The number of cyclic esters (lactones) is 1. The van der Waals surface area contributed by atoms with Gasteiger partial charge in [-0.1, -0.05) is 24.3 Å². The van der Waals surface area contributed by atoms with Crippen LogP contribution in [-0.2, 0) is 22.5 Å². The van der Waals surface area contributed by atoms with Gasteiger partial charge in [0.25, 0.3) is 5.91 Å². The summed E-state index contributed by atoms with van der Waals surface area (Å²) in [5.74, 6) is -1.10. The Kier molecular flexibility index (Phi) is 5.21. The van der Waals surface area contributed by atoms with Crippen LogP contribution in [0, 0.1) is 5.82 Å². The molecular formula is C20H20FNO4. The lowest BCUT2D eigenvalue weighted by Crippen LogP contribution is -2.44. The fourth-order valence-corrected chi connectivity index (χ4v) is 3.05. The number of carbonyl (C=O) groups is 2. The topological polar surface area (TPSA) is 55.8 Å². The van der Waals surface area contributed by atoms with Gasteiger partial charge in [0.15, 0.2) is 17.7 Å². The van der Waals surface area contributed by atoms with Crippen molar-refractivity contribution >= 4 is 11.9 Å². The Balaban J connectivity index is 1.75. The van der Waals surface area contributed by atoms with Crippen molar-refractivity contribution in [1.29, 1.82) is 0 Å². The van der Waals surface area contributed by atoms with E-state index in [2.05, 4.69) is 0 Å². The molecule has 1 amide bonds. The summed E-state index contributed by atoms with van der Waals surface area (Å²) in [5.41, 5.74) is 1.94. The van der Waals surface area contributed by atoms with Gasteiger partial charge in [0.1, 0.15) is 0 Å². The molecule has 0 N–H and O–H groups in total. The lowest BCUT2D eigenvalue weighted by atomic mass is 9.98. The first kappa shape index (κ1) is 17.9. The SMILES string of the molecule is CCN(Cc1ccc(OC)c(F)c1)C(=O)[C@H]1Cc2ccccc2C(=O)O1. The van der Waals surface area contributed by atoms with Crippen molar-refractivity contribution in [1.82, 2.24) is 4.90 Å². The first-order valence-electron chi connectivity index (χ1n) is 8.43. The number of rotatable bonds is 5. The second-order valence-electron chi connectivity index (χ2n) is 6.08. The maximum Gasteiger partial charge on any atom is 0.339 e. The summed E-state index contributed by atoms with van der Waals surface area (Å²) < 4.78 is 24.1. The standard InChI is InChI=1S/C20H20FNO4/c1-3-22(12-13-8-9-17(25-2)16(21)10-13)19(23)18-11-14-6-4-5-7-15(14)20(24)26-18/h4-10,18H,3,11-12H2,1-2H3/t18-/m1/s1. The summed E-state index contributed by atoms with van der Waals surface area (Å²) in [6.07, 6.45) is -0.519. The Hall–Kier alpha value is -2.89. The average Bonchev–Trinajstić information content (AvgIpc) is 2.65. The van der Waals surface area contributed by atoms with E-state index in [0.29, 0.717) is 24.1 Å². The Morgan fingerprint density at radius 2 is 2.08 bits per heavy atom. The third kappa shape index (κ3) is 3.54. The maximum atomic E-state index is 13.9. The number of hydrogen-bond donors (Lipinski definition) is 0. The van der Waals surface area contributed by atoms with E-state index in [1.165, 1.54) is 19.2 Å². The van der Waals surface area contributed by atoms with Gasteiger partial charge in [-0.25, -0.2) is 9.18 Å². The van der Waals surface area contributed by atoms with Gasteiger partial charge in [-0.3, -0.25) is 4.79 Å². The second kappa shape index (κ2) is 7.56. The monoisotopic (exact) mass is 357 g/mol. The van der Waals surface area contributed by atoms with Crippen molar-refractivity contribution in [3.05, 3.63) is 65.0 Å². The molecule has 136 valence electrons. The normalized spacial score (nSPS) is 15.8. The van der Waals surface area contributed by atoms with Gasteiger partial charge in [-0.2, -0.15) is 0 Å². The highest BCUT2D eigenvalue weighted by molar-refractivity contribution is 5.95. The number of benzene rings is 2. The van der Waals surface area contributed by atoms with Crippen molar-refractivity contribution in [3.8, 4) is 5.75 Å². The van der Waals surface area contributed by atoms with Gasteiger partial charge < -0.3 is 14.4 Å². The van der Waals surface area contributed by atoms with Gasteiger partial charge in [-0.15, -0.1) is 0 Å². The Morgan fingerprint density at radius 3 is 2.77 bits per heavy atom. The summed E-state index contributed by atoms with van der Waals surface area (Å²) in [4.78, 5) is 26.5. The molecule has 1 atom stereocenters. The first-order valence-corrected chi connectivity index (χ1v) is 8.43. The Bertz CT molecular complexity index is 836. The lowest BCUT2D eigenvalue weighted by Gasteiger charge is -2.29. The molecule has 2 aromatic carbocycles. The van der Waals surface area contributed by atoms with Crippen molar-refractivity contribution in [2.75, 3.05) is 13.7 Å². The number of hydrogen-bond acceptors (Lipinski definition) is 4. The van der Waals surface area contributed by atoms with Crippen LogP contribution in [0.15, 0.2) is 42.5 Å². The molecule has 2 aromatic rings. The van der Waals surface area contributed by atoms with Crippen LogP contribution in [0.1, 0.15) is 28.4 Å². The highest BCUT2D eigenvalue weighted by Gasteiger charge is 2.33. The van der Waals surface area contributed by atoms with Crippen LogP contribution in [0.25, 0.3) is 0 Å². The molecule has 1 heterocycles. The van der Waals surface area contributed by atoms with Gasteiger partial charge in [0, 0.05) is 19.5 Å². The molecule has 0 radical (unpaired) electrons. The van der Waals surface area contributed by atoms with Gasteiger partial charge >= 0.3 is 5.97 Å². The van der Waals surface area contributed by atoms with Crippen LogP contribution in [0.4, 0.5) is 4.39 Å². The summed E-state index contributed by atoms with van der Waals surface area (Å²) in [5, 5.41) is 0. The third-order valence-electron chi connectivity index (χ3n) is 4.45. The number of fused-ring (bicyclic) bond motifs is 1. The fraction of sp³-hybridized carbons (Fsp3) is 0.300. The van der Waals surface area contributed by atoms with E-state index in [1.807, 2.05) is 19.1 Å². The van der Waals surface area contributed by atoms with Crippen LogP contribution in [-0.4, -0.2) is 36.5 Å². The minimum absolute atomic E-state index is 0.154. The van der Waals surface area contributed by atoms with Crippen LogP contribution in [0.5, 0.6) is 5.75 Å². The molecule has 26 heavy (non-hydrogen) atoms. The van der Waals surface area contributed by atoms with Crippen molar-refractivity contribution in [3.63, 3.8) is 0 Å². The molecule has 0 unspecified atom stereocenters. The summed E-state index contributed by atoms with van der Waals surface area (Å²) in [6.45, 7) is 2.48. The van der Waals surface area contributed by atoms with Gasteiger partial charge in [0.05, 0.1) is 12.7 Å². The molecule has 6 heteroatoms. The second-order valence-corrected chi connectivity index (χ2v) is 6.08. The predicted molar refractivity (Wildman–Crippen MR) is 93.4 cm³/mol. The van der Waals surface area contributed by atoms with E-state index >= 15 is 0 Å². The van der Waals surface area contributed by atoms with Gasteiger partial charge in [0.2, 0.25) is 0 Å². The largest absolute Gasteiger partial charge is 0.494 e. The zero-order valence-electron chi connectivity index (χ0n) is 14.7. The van der Waals surface area contributed by atoms with Crippen LogP contribution in [0.2, 0.25) is 0 Å². The van der Waals surface area contributed by atoms with E-state index in [-0.39, 0.29) is 18.2 Å². The minimum Gasteiger partial charge on any atom is -0.494 e. The van der Waals surface area contributed by atoms with E-state index in [0.717, 1.165) is 5.56 Å². The zero-order chi connectivity index (χ0) is 18.7. The van der Waals surface area contributed by atoms with E-state index in [9.17, 15) is 14.0 Å². The average molecular weight is 357 g/mol. The van der Waals surface area contributed by atoms with E-state index in [1.54, 1.807) is 23.1 Å². The number of esters is 1. The van der Waals surface area contributed by atoms with Crippen molar-refractivity contribution < 1.29 is 23.5 Å². The fourth-order valence-electron chi connectivity index (χ4n) is 3.05. The van der Waals surface area contributed by atoms with Crippen molar-refractivity contribution in [2.45, 2.75) is 26.0 Å². The molecule has 5 nitrogen and oxygen atoms in total. The number of amides is 1. The maximum absolute atomic E-state index is 13.9. The van der Waals surface area contributed by atoms with Crippen LogP contribution in [0.3, 0.4) is 0 Å². The third-order valence-corrected chi connectivity index (χ3v) is 4.45. The number of halogens is 1. The number of carbonyl (C=O) groups excluding carboxylic acids is 2. The van der Waals surface area contributed by atoms with Crippen molar-refractivity contribution in [2.24, 2.45) is 0 Å². The Morgan fingerprint density at radius 1 is 1.31 bits per heavy atom. The molecule has 0 aromatic heterocycles. The molecule has 0 bridgehead atoms. The molecule has 3 rings (SSSR count).